The number of hydrogen-bond donors (Lipinski definition) is 0. The molecule has 0 fully saturated rings. The predicted molar refractivity (Wildman–Crippen MR) is 135 cm³/mol. The van der Waals surface area contributed by atoms with Crippen molar-refractivity contribution in [1.82, 2.24) is 0 Å². The number of nitrogens with zero attached hydrogens (tertiary/aromatic N) is 1. The van der Waals surface area contributed by atoms with Crippen molar-refractivity contribution in [2.45, 2.75) is 20.8 Å². The molecule has 0 N–H and O–H groups in total. The summed E-state index contributed by atoms with van der Waals surface area (Å²) in [6, 6.07) is 27.1. The van der Waals surface area contributed by atoms with E-state index in [0.717, 1.165) is 6.54 Å². The Morgan fingerprint density at radius 3 is 1.84 bits per heavy atom. The van der Waals surface area contributed by atoms with Gasteiger partial charge in [0.2, 0.25) is 0 Å². The summed E-state index contributed by atoms with van der Waals surface area (Å²) < 4.78 is 0. The van der Waals surface area contributed by atoms with Gasteiger partial charge in [-0.2, -0.15) is 0 Å². The Morgan fingerprint density at radius 2 is 1.16 bits per heavy atom. The Morgan fingerprint density at radius 1 is 0.581 bits per heavy atom. The normalized spacial score (nSPS) is 13.3. The first-order chi connectivity index (χ1) is 15.1. The lowest BCUT2D eigenvalue weighted by Gasteiger charge is -2.25. The topological polar surface area (TPSA) is 3.24 Å². The van der Waals surface area contributed by atoms with Gasteiger partial charge in [0.15, 0.2) is 0 Å². The Labute approximate surface area is 182 Å². The number of hydrogen-bond acceptors (Lipinski definition) is 1. The second-order valence-electron chi connectivity index (χ2n) is 8.86. The average molecular weight is 400 g/mol. The molecule has 5 aromatic rings. The van der Waals surface area contributed by atoms with Gasteiger partial charge < -0.3 is 4.90 Å². The maximum Gasteiger partial charge on any atom is 0.0441 e. The van der Waals surface area contributed by atoms with Crippen molar-refractivity contribution in [1.29, 1.82) is 0 Å². The molecular formula is C30H25N. The van der Waals surface area contributed by atoms with E-state index in [4.69, 9.17) is 0 Å². The Hall–Kier alpha value is -3.58. The van der Waals surface area contributed by atoms with E-state index in [1.807, 2.05) is 0 Å². The second kappa shape index (κ2) is 6.72. The van der Waals surface area contributed by atoms with Crippen LogP contribution < -0.4 is 15.3 Å². The van der Waals surface area contributed by atoms with Gasteiger partial charge in [-0.25, -0.2) is 0 Å². The third-order valence-corrected chi connectivity index (χ3v) is 7.00. The van der Waals surface area contributed by atoms with Crippen LogP contribution in [0, 0.1) is 20.8 Å². The monoisotopic (exact) mass is 399 g/mol. The highest BCUT2D eigenvalue weighted by molar-refractivity contribution is 6.04. The maximum absolute atomic E-state index is 2.38. The first-order valence-electron chi connectivity index (χ1n) is 11.0. The lowest BCUT2D eigenvalue weighted by molar-refractivity contribution is 1.11. The molecular weight excluding hydrogens is 374 g/mol. The third-order valence-electron chi connectivity index (χ3n) is 7.00. The summed E-state index contributed by atoms with van der Waals surface area (Å²) in [6.45, 7) is 7.54. The van der Waals surface area contributed by atoms with Crippen LogP contribution >= 0.6 is 0 Å². The van der Waals surface area contributed by atoms with Crippen LogP contribution in [0.5, 0.6) is 0 Å². The molecule has 1 heteroatoms. The van der Waals surface area contributed by atoms with E-state index < -0.39 is 0 Å². The molecule has 0 unspecified atom stereocenters. The molecule has 1 aliphatic heterocycles. The maximum atomic E-state index is 2.38. The van der Waals surface area contributed by atoms with Crippen molar-refractivity contribution in [3.05, 3.63) is 99.9 Å². The molecule has 0 bridgehead atoms. The van der Waals surface area contributed by atoms with Gasteiger partial charge in [0.25, 0.3) is 0 Å². The molecule has 0 spiro atoms. The van der Waals surface area contributed by atoms with Crippen LogP contribution in [0.4, 0.5) is 5.69 Å². The van der Waals surface area contributed by atoms with Gasteiger partial charge >= 0.3 is 0 Å². The van der Waals surface area contributed by atoms with E-state index in [-0.39, 0.29) is 0 Å². The number of benzene rings is 5. The van der Waals surface area contributed by atoms with E-state index in [0.29, 0.717) is 0 Å². The summed E-state index contributed by atoms with van der Waals surface area (Å²) in [5.41, 5.74) is 5.41. The minimum Gasteiger partial charge on any atom is -0.343 e. The van der Waals surface area contributed by atoms with Crippen LogP contribution in [0.3, 0.4) is 0 Å². The van der Waals surface area contributed by atoms with Gasteiger partial charge in [-0.3, -0.25) is 0 Å². The second-order valence-corrected chi connectivity index (χ2v) is 8.86. The van der Waals surface area contributed by atoms with Crippen LogP contribution in [0.1, 0.15) is 16.7 Å². The molecule has 1 heterocycles. The van der Waals surface area contributed by atoms with Crippen LogP contribution in [0.25, 0.3) is 44.6 Å². The zero-order valence-corrected chi connectivity index (χ0v) is 18.2. The van der Waals surface area contributed by atoms with Crippen molar-refractivity contribution in [2.24, 2.45) is 0 Å². The van der Waals surface area contributed by atoms with Gasteiger partial charge in [-0.1, -0.05) is 36.4 Å². The minimum absolute atomic E-state index is 0.903. The molecule has 31 heavy (non-hydrogen) atoms. The molecule has 0 aliphatic carbocycles. The zero-order valence-electron chi connectivity index (χ0n) is 18.2. The van der Waals surface area contributed by atoms with E-state index in [9.17, 15) is 0 Å². The largest absolute Gasteiger partial charge is 0.343 e. The van der Waals surface area contributed by atoms with Gasteiger partial charge in [0.05, 0.1) is 0 Å². The van der Waals surface area contributed by atoms with Gasteiger partial charge in [0, 0.05) is 18.4 Å². The fraction of sp³-hybridized carbons (Fsp3) is 0.133. The molecule has 0 radical (unpaired) electrons. The van der Waals surface area contributed by atoms with Gasteiger partial charge in [0.1, 0.15) is 0 Å². The highest BCUT2D eigenvalue weighted by atomic mass is 15.1. The summed E-state index contributed by atoms with van der Waals surface area (Å²) in [5.74, 6) is 0. The van der Waals surface area contributed by atoms with Gasteiger partial charge in [-0.15, -0.1) is 0 Å². The van der Waals surface area contributed by atoms with Crippen molar-refractivity contribution in [3.63, 3.8) is 0 Å². The minimum atomic E-state index is 0.903. The van der Waals surface area contributed by atoms with E-state index in [1.165, 1.54) is 65.1 Å². The summed E-state index contributed by atoms with van der Waals surface area (Å²) in [7, 11) is 0. The number of rotatable bonds is 1. The van der Waals surface area contributed by atoms with Crippen LogP contribution in [0.15, 0.2) is 72.8 Å². The Kier molecular flexibility index (Phi) is 3.94. The van der Waals surface area contributed by atoms with Crippen molar-refractivity contribution in [3.8, 4) is 0 Å². The number of aryl methyl sites for hydroxylation is 1. The lowest BCUT2D eigenvalue weighted by atomic mass is 9.98. The fourth-order valence-electron chi connectivity index (χ4n) is 4.91. The zero-order chi connectivity index (χ0) is 21.1. The summed E-state index contributed by atoms with van der Waals surface area (Å²) in [5, 5.41) is 10.4. The van der Waals surface area contributed by atoms with E-state index in [2.05, 4.69) is 111 Å². The van der Waals surface area contributed by atoms with Crippen molar-refractivity contribution < 1.29 is 0 Å². The summed E-state index contributed by atoms with van der Waals surface area (Å²) >= 11 is 0. The number of fused-ring (bicyclic) bond motifs is 4. The van der Waals surface area contributed by atoms with Crippen LogP contribution in [-0.4, -0.2) is 6.54 Å². The summed E-state index contributed by atoms with van der Waals surface area (Å²) in [4.78, 5) is 2.38. The fourth-order valence-corrected chi connectivity index (χ4v) is 4.91. The molecule has 0 atom stereocenters. The summed E-state index contributed by atoms with van der Waals surface area (Å²) in [6.07, 6.45) is 4.67. The lowest BCUT2D eigenvalue weighted by Crippen LogP contribution is -2.35. The molecule has 150 valence electrons. The standard InChI is InChI=1S/C30H25N/c1-19-8-9-30(21(3)20(19)2)31-11-10-24-14-27-15-25-12-22-6-4-5-7-23(22)13-26(25)16-28(27)17-29(24)18-31/h4-10,12-18H,11H2,1-3H3. The molecule has 0 aromatic heterocycles. The number of anilines is 1. The smallest absolute Gasteiger partial charge is 0.0441 e. The SMILES string of the molecule is Cc1ccc(N2C=c3cc4cc5cc6ccccc6cc5cc4cc3=CC2)c(C)c1C. The molecule has 0 amide bonds. The highest BCUT2D eigenvalue weighted by Gasteiger charge is 2.12. The molecule has 0 saturated carbocycles. The molecule has 5 aromatic carbocycles. The Bertz CT molecular complexity index is 1640. The van der Waals surface area contributed by atoms with E-state index >= 15 is 0 Å². The van der Waals surface area contributed by atoms with Crippen LogP contribution in [0.2, 0.25) is 0 Å². The van der Waals surface area contributed by atoms with Crippen molar-refractivity contribution >= 4 is 50.3 Å². The molecule has 1 nitrogen and oxygen atoms in total. The average Bonchev–Trinajstić information content (AvgIpc) is 2.78. The Balaban J connectivity index is 1.54. The first-order valence-corrected chi connectivity index (χ1v) is 11.0. The van der Waals surface area contributed by atoms with Crippen molar-refractivity contribution in [2.75, 3.05) is 11.4 Å². The van der Waals surface area contributed by atoms with Gasteiger partial charge in [-0.05, 0) is 123 Å². The quantitative estimate of drug-likeness (QED) is 0.307. The molecule has 1 aliphatic rings. The van der Waals surface area contributed by atoms with E-state index in [1.54, 1.807) is 0 Å². The predicted octanol–water partition coefficient (Wildman–Crippen LogP) is 6.11. The molecule has 6 rings (SSSR count). The first kappa shape index (κ1) is 18.2. The highest BCUT2D eigenvalue weighted by Crippen LogP contribution is 2.28. The third kappa shape index (κ3) is 2.92. The molecule has 0 saturated heterocycles. The van der Waals surface area contributed by atoms with Crippen LogP contribution in [-0.2, 0) is 0 Å².